The van der Waals surface area contributed by atoms with Crippen molar-refractivity contribution in [3.8, 4) is 0 Å². The van der Waals surface area contributed by atoms with Gasteiger partial charge >= 0.3 is 0 Å². The van der Waals surface area contributed by atoms with Crippen molar-refractivity contribution in [2.24, 2.45) is 0 Å². The highest BCUT2D eigenvalue weighted by atomic mass is 16.5. The minimum atomic E-state index is -0.453. The van der Waals surface area contributed by atoms with Gasteiger partial charge in [-0.25, -0.2) is 0 Å². The molecule has 2 N–H and O–H groups in total. The van der Waals surface area contributed by atoms with Crippen LogP contribution in [0.15, 0.2) is 24.3 Å². The molecule has 0 radical (unpaired) electrons. The van der Waals surface area contributed by atoms with Gasteiger partial charge in [0.15, 0.2) is 0 Å². The molecule has 0 aliphatic carbocycles. The number of ether oxygens (including phenoxy) is 1. The van der Waals surface area contributed by atoms with Crippen molar-refractivity contribution < 1.29 is 14.3 Å². The van der Waals surface area contributed by atoms with Crippen molar-refractivity contribution in [3.05, 3.63) is 35.4 Å². The lowest BCUT2D eigenvalue weighted by Gasteiger charge is -2.25. The van der Waals surface area contributed by atoms with Crippen LogP contribution in [0, 0.1) is 0 Å². The van der Waals surface area contributed by atoms with Crippen LogP contribution in [0.2, 0.25) is 0 Å². The van der Waals surface area contributed by atoms with E-state index in [2.05, 4.69) is 10.6 Å². The molecule has 94 valence electrons. The van der Waals surface area contributed by atoms with Gasteiger partial charge in [0.2, 0.25) is 5.91 Å². The zero-order valence-electron chi connectivity index (χ0n) is 9.81. The summed E-state index contributed by atoms with van der Waals surface area (Å²) in [5.74, 6) is -0.641. The van der Waals surface area contributed by atoms with Crippen molar-refractivity contribution >= 4 is 11.8 Å². The van der Waals surface area contributed by atoms with E-state index in [1.807, 2.05) is 24.3 Å². The topological polar surface area (TPSA) is 67.4 Å². The first kappa shape index (κ1) is 11.4. The van der Waals surface area contributed by atoms with Crippen LogP contribution in [0.3, 0.4) is 0 Å². The maximum absolute atomic E-state index is 12.0. The SMILES string of the molecule is O=C(NC(=O)C1NCc2ccccc21)C1CCO1. The van der Waals surface area contributed by atoms with E-state index in [1.165, 1.54) is 0 Å². The van der Waals surface area contributed by atoms with Crippen molar-refractivity contribution in [2.75, 3.05) is 6.61 Å². The summed E-state index contributed by atoms with van der Waals surface area (Å²) in [4.78, 5) is 23.6. The monoisotopic (exact) mass is 246 g/mol. The highest BCUT2D eigenvalue weighted by Gasteiger charge is 2.32. The molecule has 2 amide bonds. The Hall–Kier alpha value is -1.72. The number of fused-ring (bicyclic) bond motifs is 1. The van der Waals surface area contributed by atoms with Gasteiger partial charge in [-0.15, -0.1) is 0 Å². The summed E-state index contributed by atoms with van der Waals surface area (Å²) in [7, 11) is 0. The Kier molecular flexibility index (Phi) is 2.85. The van der Waals surface area contributed by atoms with E-state index in [0.29, 0.717) is 19.6 Å². The molecule has 5 heteroatoms. The smallest absolute Gasteiger partial charge is 0.255 e. The molecule has 1 saturated heterocycles. The molecule has 3 rings (SSSR count). The summed E-state index contributed by atoms with van der Waals surface area (Å²) < 4.78 is 5.04. The van der Waals surface area contributed by atoms with E-state index in [9.17, 15) is 9.59 Å². The number of carbonyl (C=O) groups is 2. The molecule has 0 bridgehead atoms. The lowest BCUT2D eigenvalue weighted by Crippen LogP contribution is -2.47. The Labute approximate surface area is 105 Å². The molecule has 1 aromatic carbocycles. The van der Waals surface area contributed by atoms with Crippen molar-refractivity contribution in [1.82, 2.24) is 10.6 Å². The molecule has 0 saturated carbocycles. The summed E-state index contributed by atoms with van der Waals surface area (Å²) in [5.41, 5.74) is 2.04. The number of nitrogens with one attached hydrogen (secondary N) is 2. The second-order valence-corrected chi connectivity index (χ2v) is 4.51. The Balaban J connectivity index is 1.68. The summed E-state index contributed by atoms with van der Waals surface area (Å²) in [6.45, 7) is 1.25. The van der Waals surface area contributed by atoms with E-state index in [-0.39, 0.29) is 11.8 Å². The van der Waals surface area contributed by atoms with Crippen LogP contribution in [0.4, 0.5) is 0 Å². The number of hydrogen-bond acceptors (Lipinski definition) is 4. The lowest BCUT2D eigenvalue weighted by molar-refractivity contribution is -0.148. The van der Waals surface area contributed by atoms with Crippen LogP contribution >= 0.6 is 0 Å². The first-order valence-corrected chi connectivity index (χ1v) is 6.03. The first-order chi connectivity index (χ1) is 8.75. The summed E-state index contributed by atoms with van der Waals surface area (Å²) in [6.07, 6.45) is 0.235. The summed E-state index contributed by atoms with van der Waals surface area (Å²) in [5, 5.41) is 5.50. The molecule has 0 spiro atoms. The Morgan fingerprint density at radius 1 is 1.28 bits per heavy atom. The predicted molar refractivity (Wildman–Crippen MR) is 63.5 cm³/mol. The molecule has 18 heavy (non-hydrogen) atoms. The minimum absolute atomic E-state index is 0.305. The lowest BCUT2D eigenvalue weighted by atomic mass is 10.0. The van der Waals surface area contributed by atoms with Gasteiger partial charge in [0.1, 0.15) is 12.1 Å². The first-order valence-electron chi connectivity index (χ1n) is 6.03. The third kappa shape index (κ3) is 1.91. The Morgan fingerprint density at radius 3 is 2.78 bits per heavy atom. The van der Waals surface area contributed by atoms with Crippen LogP contribution < -0.4 is 10.6 Å². The van der Waals surface area contributed by atoms with Gasteiger partial charge < -0.3 is 4.74 Å². The average molecular weight is 246 g/mol. The molecular weight excluding hydrogens is 232 g/mol. The fourth-order valence-electron chi connectivity index (χ4n) is 2.25. The molecule has 2 unspecified atom stereocenters. The van der Waals surface area contributed by atoms with Gasteiger partial charge in [-0.1, -0.05) is 24.3 Å². The normalized spacial score (nSPS) is 25.1. The summed E-state index contributed by atoms with van der Waals surface area (Å²) >= 11 is 0. The standard InChI is InChI=1S/C13H14N2O3/c16-12(10-5-6-18-10)15-13(17)11-9-4-2-1-3-8(9)7-14-11/h1-4,10-11,14H,5-7H2,(H,15,16,17). The fraction of sp³-hybridized carbons (Fsp3) is 0.385. The van der Waals surface area contributed by atoms with Gasteiger partial charge in [-0.2, -0.15) is 0 Å². The minimum Gasteiger partial charge on any atom is -0.368 e. The van der Waals surface area contributed by atoms with E-state index >= 15 is 0 Å². The summed E-state index contributed by atoms with van der Waals surface area (Å²) in [6, 6.07) is 7.28. The van der Waals surface area contributed by atoms with Gasteiger partial charge in [-0.3, -0.25) is 20.2 Å². The van der Waals surface area contributed by atoms with Crippen molar-refractivity contribution in [1.29, 1.82) is 0 Å². The van der Waals surface area contributed by atoms with Crippen LogP contribution in [0.25, 0.3) is 0 Å². The van der Waals surface area contributed by atoms with Crippen LogP contribution in [-0.4, -0.2) is 24.5 Å². The Morgan fingerprint density at radius 2 is 2.06 bits per heavy atom. The van der Waals surface area contributed by atoms with Crippen LogP contribution in [-0.2, 0) is 20.9 Å². The zero-order chi connectivity index (χ0) is 12.5. The van der Waals surface area contributed by atoms with Crippen molar-refractivity contribution in [2.45, 2.75) is 25.1 Å². The van der Waals surface area contributed by atoms with E-state index in [4.69, 9.17) is 4.74 Å². The number of hydrogen-bond donors (Lipinski definition) is 2. The number of amides is 2. The average Bonchev–Trinajstić information content (AvgIpc) is 2.69. The van der Waals surface area contributed by atoms with Crippen LogP contribution in [0.5, 0.6) is 0 Å². The van der Waals surface area contributed by atoms with Gasteiger partial charge in [0.25, 0.3) is 5.91 Å². The van der Waals surface area contributed by atoms with Crippen molar-refractivity contribution in [3.63, 3.8) is 0 Å². The third-order valence-corrected chi connectivity index (χ3v) is 3.36. The molecule has 1 aromatic rings. The zero-order valence-corrected chi connectivity index (χ0v) is 9.81. The predicted octanol–water partition coefficient (Wildman–Crippen LogP) is 0.263. The van der Waals surface area contributed by atoms with Gasteiger partial charge in [-0.05, 0) is 11.1 Å². The molecular formula is C13H14N2O3. The van der Waals surface area contributed by atoms with Gasteiger partial charge in [0.05, 0.1) is 6.61 Å². The molecule has 2 heterocycles. The largest absolute Gasteiger partial charge is 0.368 e. The van der Waals surface area contributed by atoms with E-state index in [0.717, 1.165) is 11.1 Å². The number of carbonyl (C=O) groups excluding carboxylic acids is 2. The maximum Gasteiger partial charge on any atom is 0.255 e. The Bertz CT molecular complexity index is 497. The number of imide groups is 1. The number of benzene rings is 1. The molecule has 2 aliphatic rings. The molecule has 2 aliphatic heterocycles. The molecule has 5 nitrogen and oxygen atoms in total. The second kappa shape index (κ2) is 4.51. The number of rotatable bonds is 2. The molecule has 0 aromatic heterocycles. The van der Waals surface area contributed by atoms with Gasteiger partial charge in [0, 0.05) is 13.0 Å². The highest BCUT2D eigenvalue weighted by Crippen LogP contribution is 2.25. The highest BCUT2D eigenvalue weighted by molar-refractivity contribution is 6.00. The fourth-order valence-corrected chi connectivity index (χ4v) is 2.25. The molecule has 2 atom stereocenters. The van der Waals surface area contributed by atoms with E-state index in [1.54, 1.807) is 0 Å². The maximum atomic E-state index is 12.0. The van der Waals surface area contributed by atoms with E-state index < -0.39 is 12.1 Å². The second-order valence-electron chi connectivity index (χ2n) is 4.51. The third-order valence-electron chi connectivity index (χ3n) is 3.36. The van der Waals surface area contributed by atoms with Crippen LogP contribution in [0.1, 0.15) is 23.6 Å². The molecule has 1 fully saturated rings. The quantitative estimate of drug-likeness (QED) is 0.735.